The maximum absolute atomic E-state index is 12.8. The number of carbonyl (C=O) groups excluding carboxylic acids is 1. The van der Waals surface area contributed by atoms with E-state index in [0.29, 0.717) is 23.6 Å². The van der Waals surface area contributed by atoms with Gasteiger partial charge < -0.3 is 14.4 Å². The summed E-state index contributed by atoms with van der Waals surface area (Å²) in [5.41, 5.74) is 1.90. The van der Waals surface area contributed by atoms with Crippen LogP contribution in [0.1, 0.15) is 21.7 Å². The SMILES string of the molecule is COc1ccc(C(=O)N2CC=C(c3cccs3)CC2)c(OC)c1. The minimum absolute atomic E-state index is 0.00835. The van der Waals surface area contributed by atoms with Crippen molar-refractivity contribution in [2.75, 3.05) is 27.3 Å². The molecule has 3 rings (SSSR count). The number of thiophene rings is 1. The molecule has 1 aliphatic heterocycles. The van der Waals surface area contributed by atoms with Crippen LogP contribution < -0.4 is 9.47 Å². The van der Waals surface area contributed by atoms with Crippen LogP contribution in [0.4, 0.5) is 0 Å². The van der Waals surface area contributed by atoms with E-state index in [9.17, 15) is 4.79 Å². The Morgan fingerprint density at radius 2 is 2.09 bits per heavy atom. The number of benzene rings is 1. The average Bonchev–Trinajstić information content (AvgIpc) is 3.15. The molecule has 1 aromatic carbocycles. The van der Waals surface area contributed by atoms with Crippen LogP contribution in [0.2, 0.25) is 0 Å². The maximum Gasteiger partial charge on any atom is 0.257 e. The highest BCUT2D eigenvalue weighted by Crippen LogP contribution is 2.29. The zero-order valence-electron chi connectivity index (χ0n) is 13.2. The first-order valence-electron chi connectivity index (χ1n) is 7.47. The zero-order chi connectivity index (χ0) is 16.2. The number of hydrogen-bond acceptors (Lipinski definition) is 4. The summed E-state index contributed by atoms with van der Waals surface area (Å²) in [4.78, 5) is 15.9. The van der Waals surface area contributed by atoms with Gasteiger partial charge in [-0.2, -0.15) is 0 Å². The summed E-state index contributed by atoms with van der Waals surface area (Å²) in [5, 5.41) is 2.08. The molecule has 0 spiro atoms. The normalized spacial score (nSPS) is 14.3. The van der Waals surface area contributed by atoms with Gasteiger partial charge in [0.2, 0.25) is 0 Å². The minimum Gasteiger partial charge on any atom is -0.497 e. The van der Waals surface area contributed by atoms with Gasteiger partial charge in [0.15, 0.2) is 0 Å². The van der Waals surface area contributed by atoms with Gasteiger partial charge in [-0.1, -0.05) is 12.1 Å². The molecule has 2 heterocycles. The first-order chi connectivity index (χ1) is 11.2. The molecule has 0 bridgehead atoms. The molecule has 23 heavy (non-hydrogen) atoms. The Bertz CT molecular complexity index is 722. The van der Waals surface area contributed by atoms with Gasteiger partial charge >= 0.3 is 0 Å². The van der Waals surface area contributed by atoms with Gasteiger partial charge in [0.1, 0.15) is 11.5 Å². The summed E-state index contributed by atoms with van der Waals surface area (Å²) in [7, 11) is 3.16. The lowest BCUT2D eigenvalue weighted by atomic mass is 10.1. The average molecular weight is 329 g/mol. The molecular formula is C18H19NO3S. The molecule has 5 heteroatoms. The molecular weight excluding hydrogens is 310 g/mol. The smallest absolute Gasteiger partial charge is 0.257 e. The lowest BCUT2D eigenvalue weighted by Crippen LogP contribution is -2.34. The minimum atomic E-state index is -0.00835. The van der Waals surface area contributed by atoms with Gasteiger partial charge in [-0.05, 0) is 35.6 Å². The monoisotopic (exact) mass is 329 g/mol. The summed E-state index contributed by atoms with van der Waals surface area (Å²) in [6, 6.07) is 9.47. The molecule has 0 aliphatic carbocycles. The van der Waals surface area contributed by atoms with Gasteiger partial charge in [-0.3, -0.25) is 4.79 Å². The Balaban J connectivity index is 1.77. The van der Waals surface area contributed by atoms with Crippen LogP contribution in [-0.2, 0) is 0 Å². The van der Waals surface area contributed by atoms with Crippen molar-refractivity contribution in [3.63, 3.8) is 0 Å². The molecule has 1 aromatic heterocycles. The highest BCUT2D eigenvalue weighted by Gasteiger charge is 2.22. The van der Waals surface area contributed by atoms with E-state index in [1.807, 2.05) is 4.90 Å². The molecule has 1 amide bonds. The van der Waals surface area contributed by atoms with Gasteiger partial charge in [-0.25, -0.2) is 0 Å². The molecule has 0 saturated heterocycles. The summed E-state index contributed by atoms with van der Waals surface area (Å²) in [6.07, 6.45) is 3.02. The molecule has 4 nitrogen and oxygen atoms in total. The van der Waals surface area contributed by atoms with Crippen molar-refractivity contribution in [1.82, 2.24) is 4.90 Å². The van der Waals surface area contributed by atoms with E-state index in [2.05, 4.69) is 23.6 Å². The third-order valence-corrected chi connectivity index (χ3v) is 4.92. The Hall–Kier alpha value is -2.27. The van der Waals surface area contributed by atoms with E-state index in [4.69, 9.17) is 9.47 Å². The Kier molecular flexibility index (Phi) is 4.67. The highest BCUT2D eigenvalue weighted by atomic mass is 32.1. The Labute approximate surface area is 140 Å². The maximum atomic E-state index is 12.8. The summed E-state index contributed by atoms with van der Waals surface area (Å²) >= 11 is 1.74. The number of methoxy groups -OCH3 is 2. The summed E-state index contributed by atoms with van der Waals surface area (Å²) in [6.45, 7) is 1.35. The third kappa shape index (κ3) is 3.24. The molecule has 0 radical (unpaired) electrons. The topological polar surface area (TPSA) is 38.8 Å². The predicted octanol–water partition coefficient (Wildman–Crippen LogP) is 3.69. The number of nitrogens with zero attached hydrogens (tertiary/aromatic N) is 1. The van der Waals surface area contributed by atoms with Crippen LogP contribution in [-0.4, -0.2) is 38.1 Å². The Morgan fingerprint density at radius 3 is 2.70 bits per heavy atom. The van der Waals surface area contributed by atoms with E-state index >= 15 is 0 Å². The Morgan fingerprint density at radius 1 is 1.22 bits per heavy atom. The first-order valence-corrected chi connectivity index (χ1v) is 8.35. The van der Waals surface area contributed by atoms with E-state index in [-0.39, 0.29) is 5.91 Å². The van der Waals surface area contributed by atoms with Gasteiger partial charge in [0.25, 0.3) is 5.91 Å². The van der Waals surface area contributed by atoms with E-state index in [1.165, 1.54) is 10.5 Å². The molecule has 0 unspecified atom stereocenters. The highest BCUT2D eigenvalue weighted by molar-refractivity contribution is 7.11. The van der Waals surface area contributed by atoms with Crippen molar-refractivity contribution in [2.45, 2.75) is 6.42 Å². The van der Waals surface area contributed by atoms with Crippen LogP contribution in [0.15, 0.2) is 41.8 Å². The van der Waals surface area contributed by atoms with Crippen LogP contribution in [0.3, 0.4) is 0 Å². The summed E-state index contributed by atoms with van der Waals surface area (Å²) in [5.74, 6) is 1.21. The second kappa shape index (κ2) is 6.87. The molecule has 0 atom stereocenters. The number of hydrogen-bond donors (Lipinski definition) is 0. The molecule has 120 valence electrons. The number of rotatable bonds is 4. The lowest BCUT2D eigenvalue weighted by Gasteiger charge is -2.27. The van der Waals surface area contributed by atoms with Crippen molar-refractivity contribution < 1.29 is 14.3 Å². The van der Waals surface area contributed by atoms with E-state index in [0.717, 1.165) is 13.0 Å². The zero-order valence-corrected chi connectivity index (χ0v) is 14.1. The second-order valence-corrected chi connectivity index (χ2v) is 6.22. The standard InChI is InChI=1S/C18H19NO3S/c1-21-14-5-6-15(16(12-14)22-2)18(20)19-9-7-13(8-10-19)17-4-3-11-23-17/h3-7,11-12H,8-10H2,1-2H3. The van der Waals surface area contributed by atoms with Crippen molar-refractivity contribution in [2.24, 2.45) is 0 Å². The van der Waals surface area contributed by atoms with Crippen LogP contribution in [0.5, 0.6) is 11.5 Å². The van der Waals surface area contributed by atoms with Crippen molar-refractivity contribution in [1.29, 1.82) is 0 Å². The van der Waals surface area contributed by atoms with E-state index < -0.39 is 0 Å². The van der Waals surface area contributed by atoms with Gasteiger partial charge in [0.05, 0.1) is 19.8 Å². The molecule has 0 fully saturated rings. The van der Waals surface area contributed by atoms with Crippen molar-refractivity contribution in [3.8, 4) is 11.5 Å². The first kappa shape index (κ1) is 15.6. The number of ether oxygens (including phenoxy) is 2. The van der Waals surface area contributed by atoms with Gasteiger partial charge in [0, 0.05) is 24.0 Å². The fourth-order valence-electron chi connectivity index (χ4n) is 2.68. The van der Waals surface area contributed by atoms with Crippen LogP contribution in [0, 0.1) is 0 Å². The summed E-state index contributed by atoms with van der Waals surface area (Å²) < 4.78 is 10.5. The largest absolute Gasteiger partial charge is 0.497 e. The molecule has 2 aromatic rings. The van der Waals surface area contributed by atoms with Gasteiger partial charge in [-0.15, -0.1) is 11.3 Å². The second-order valence-electron chi connectivity index (χ2n) is 5.27. The van der Waals surface area contributed by atoms with Crippen molar-refractivity contribution >= 4 is 22.8 Å². The van der Waals surface area contributed by atoms with E-state index in [1.54, 1.807) is 43.8 Å². The molecule has 1 aliphatic rings. The molecule has 0 N–H and O–H groups in total. The quantitative estimate of drug-likeness (QED) is 0.858. The van der Waals surface area contributed by atoms with Crippen LogP contribution in [0.25, 0.3) is 5.57 Å². The number of amides is 1. The van der Waals surface area contributed by atoms with Crippen LogP contribution >= 0.6 is 11.3 Å². The lowest BCUT2D eigenvalue weighted by molar-refractivity contribution is 0.0769. The number of carbonyl (C=O) groups is 1. The fourth-order valence-corrected chi connectivity index (χ4v) is 3.48. The predicted molar refractivity (Wildman–Crippen MR) is 92.4 cm³/mol. The third-order valence-electron chi connectivity index (χ3n) is 3.97. The van der Waals surface area contributed by atoms with Crippen molar-refractivity contribution in [3.05, 3.63) is 52.2 Å². The molecule has 0 saturated carbocycles. The fraction of sp³-hybridized carbons (Fsp3) is 0.278.